The van der Waals surface area contributed by atoms with Crippen LogP contribution in [0.25, 0.3) is 0 Å². The van der Waals surface area contributed by atoms with Crippen LogP contribution in [0.5, 0.6) is 0 Å². The van der Waals surface area contributed by atoms with Crippen LogP contribution < -0.4 is 15.8 Å². The minimum Gasteiger partial charge on any atom is -0.357 e. The van der Waals surface area contributed by atoms with Crippen LogP contribution in [0.15, 0.2) is 28.4 Å². The summed E-state index contributed by atoms with van der Waals surface area (Å²) in [5, 5.41) is 4.41. The van der Waals surface area contributed by atoms with Gasteiger partial charge in [0.05, 0.1) is 6.54 Å². The molecule has 0 unspecified atom stereocenters. The molecule has 1 saturated heterocycles. The van der Waals surface area contributed by atoms with E-state index in [2.05, 4.69) is 38.9 Å². The third-order valence-corrected chi connectivity index (χ3v) is 5.65. The van der Waals surface area contributed by atoms with Gasteiger partial charge in [-0.25, -0.2) is 15.0 Å². The number of nitrogens with one attached hydrogen (secondary N) is 1. The quantitative estimate of drug-likeness (QED) is 0.609. The molecule has 1 fully saturated rings. The maximum absolute atomic E-state index is 12.3. The summed E-state index contributed by atoms with van der Waals surface area (Å²) in [6.07, 6.45) is 6.30. The van der Waals surface area contributed by atoms with E-state index in [1.165, 1.54) is 4.88 Å². The first-order valence-corrected chi connectivity index (χ1v) is 10.2. The fourth-order valence-electron chi connectivity index (χ4n) is 2.98. The standard InChI is InChI=1S/C18H27N7OS/c1-4-14-12-21-15(27-14)13-22-18(19-5-2)25-10-8-24(9-11-25)16-17(26)23(3)7-6-20-16/h6-7,12H,4-5,8-11,13H2,1-3H3,(H,19,22). The SMILES string of the molecule is CCNC(=NCc1ncc(CC)s1)N1CCN(c2nccn(C)c2=O)CC1. The highest BCUT2D eigenvalue weighted by Crippen LogP contribution is 2.15. The fourth-order valence-corrected chi connectivity index (χ4v) is 3.77. The molecule has 2 aromatic heterocycles. The minimum absolute atomic E-state index is 0.0537. The molecule has 1 N–H and O–H groups in total. The van der Waals surface area contributed by atoms with Gasteiger partial charge in [0, 0.05) is 63.2 Å². The van der Waals surface area contributed by atoms with Crippen molar-refractivity contribution in [1.29, 1.82) is 0 Å². The maximum Gasteiger partial charge on any atom is 0.293 e. The number of guanidine groups is 1. The Hall–Kier alpha value is -2.42. The summed E-state index contributed by atoms with van der Waals surface area (Å²) in [4.78, 5) is 31.3. The molecule has 2 aromatic rings. The number of thiazole rings is 1. The molecule has 0 aromatic carbocycles. The van der Waals surface area contributed by atoms with E-state index in [1.54, 1.807) is 35.3 Å². The van der Waals surface area contributed by atoms with Crippen LogP contribution in [0.1, 0.15) is 23.7 Å². The molecular formula is C18H27N7OS. The second-order valence-electron chi connectivity index (χ2n) is 6.39. The van der Waals surface area contributed by atoms with Crippen molar-refractivity contribution >= 4 is 23.1 Å². The van der Waals surface area contributed by atoms with Crippen molar-refractivity contribution in [2.75, 3.05) is 37.6 Å². The fraction of sp³-hybridized carbons (Fsp3) is 0.556. The van der Waals surface area contributed by atoms with E-state index in [0.717, 1.165) is 50.1 Å². The molecule has 3 rings (SSSR count). The smallest absolute Gasteiger partial charge is 0.293 e. The van der Waals surface area contributed by atoms with Crippen molar-refractivity contribution < 1.29 is 0 Å². The van der Waals surface area contributed by atoms with Crippen molar-refractivity contribution in [3.8, 4) is 0 Å². The number of anilines is 1. The molecule has 1 aliphatic rings. The largest absolute Gasteiger partial charge is 0.357 e. The number of hydrogen-bond acceptors (Lipinski definition) is 6. The number of nitrogens with zero attached hydrogens (tertiary/aromatic N) is 6. The number of aryl methyl sites for hydroxylation is 2. The van der Waals surface area contributed by atoms with Gasteiger partial charge in [0.1, 0.15) is 5.01 Å². The Kier molecular flexibility index (Phi) is 6.44. The molecule has 0 amide bonds. The molecule has 0 atom stereocenters. The van der Waals surface area contributed by atoms with Gasteiger partial charge in [0.25, 0.3) is 5.56 Å². The Bertz CT molecular complexity index is 836. The predicted molar refractivity (Wildman–Crippen MR) is 110 cm³/mol. The lowest BCUT2D eigenvalue weighted by Gasteiger charge is -2.36. The van der Waals surface area contributed by atoms with Crippen LogP contribution in [0.4, 0.5) is 5.82 Å². The number of rotatable bonds is 5. The lowest BCUT2D eigenvalue weighted by Crippen LogP contribution is -2.53. The highest BCUT2D eigenvalue weighted by molar-refractivity contribution is 7.11. The topological polar surface area (TPSA) is 78.7 Å². The molecule has 8 nitrogen and oxygen atoms in total. The average molecular weight is 390 g/mol. The predicted octanol–water partition coefficient (Wildman–Crippen LogP) is 1.09. The van der Waals surface area contributed by atoms with Crippen molar-refractivity contribution in [2.24, 2.45) is 12.0 Å². The highest BCUT2D eigenvalue weighted by atomic mass is 32.1. The van der Waals surface area contributed by atoms with E-state index in [-0.39, 0.29) is 5.56 Å². The summed E-state index contributed by atoms with van der Waals surface area (Å²) in [7, 11) is 1.75. The van der Waals surface area contributed by atoms with Gasteiger partial charge in [-0.3, -0.25) is 4.79 Å². The average Bonchev–Trinajstić information content (AvgIpc) is 3.16. The third-order valence-electron chi connectivity index (χ3n) is 4.53. The molecule has 1 aliphatic heterocycles. The first kappa shape index (κ1) is 19.3. The molecule has 0 saturated carbocycles. The second-order valence-corrected chi connectivity index (χ2v) is 7.58. The molecule has 0 bridgehead atoms. The Morgan fingerprint density at radius 3 is 2.70 bits per heavy atom. The summed E-state index contributed by atoms with van der Waals surface area (Å²) in [6.45, 7) is 8.70. The molecule has 146 valence electrons. The first-order chi connectivity index (χ1) is 13.1. The Balaban J connectivity index is 1.65. The lowest BCUT2D eigenvalue weighted by atomic mass is 10.3. The van der Waals surface area contributed by atoms with Gasteiger partial charge in [0.2, 0.25) is 0 Å². The van der Waals surface area contributed by atoms with Gasteiger partial charge >= 0.3 is 0 Å². The van der Waals surface area contributed by atoms with E-state index in [4.69, 9.17) is 4.99 Å². The molecule has 0 spiro atoms. The monoisotopic (exact) mass is 389 g/mol. The van der Waals surface area contributed by atoms with Crippen LogP contribution >= 0.6 is 11.3 Å². The normalized spacial score (nSPS) is 15.3. The zero-order valence-electron chi connectivity index (χ0n) is 16.2. The summed E-state index contributed by atoms with van der Waals surface area (Å²) < 4.78 is 1.57. The minimum atomic E-state index is -0.0537. The lowest BCUT2D eigenvalue weighted by molar-refractivity contribution is 0.370. The van der Waals surface area contributed by atoms with Crippen LogP contribution in [0.2, 0.25) is 0 Å². The number of aromatic nitrogens is 3. The van der Waals surface area contributed by atoms with E-state index < -0.39 is 0 Å². The molecule has 3 heterocycles. The van der Waals surface area contributed by atoms with Gasteiger partial charge < -0.3 is 19.7 Å². The molecule has 0 aliphatic carbocycles. The van der Waals surface area contributed by atoms with Gasteiger partial charge in [-0.1, -0.05) is 6.92 Å². The van der Waals surface area contributed by atoms with E-state index >= 15 is 0 Å². The van der Waals surface area contributed by atoms with Crippen LogP contribution in [0.3, 0.4) is 0 Å². The summed E-state index contributed by atoms with van der Waals surface area (Å²) in [5.41, 5.74) is -0.0537. The molecule has 0 radical (unpaired) electrons. The van der Waals surface area contributed by atoms with Crippen molar-refractivity contribution in [2.45, 2.75) is 26.8 Å². The van der Waals surface area contributed by atoms with Crippen LogP contribution in [-0.2, 0) is 20.0 Å². The third kappa shape index (κ3) is 4.65. The van der Waals surface area contributed by atoms with E-state index in [9.17, 15) is 4.79 Å². The maximum atomic E-state index is 12.3. The Morgan fingerprint density at radius 2 is 2.04 bits per heavy atom. The zero-order chi connectivity index (χ0) is 19.2. The Morgan fingerprint density at radius 1 is 1.26 bits per heavy atom. The van der Waals surface area contributed by atoms with Gasteiger partial charge in [0.15, 0.2) is 11.8 Å². The van der Waals surface area contributed by atoms with E-state index in [1.807, 2.05) is 6.20 Å². The van der Waals surface area contributed by atoms with Crippen molar-refractivity contribution in [3.63, 3.8) is 0 Å². The van der Waals surface area contributed by atoms with Crippen LogP contribution in [-0.4, -0.2) is 58.1 Å². The zero-order valence-corrected chi connectivity index (χ0v) is 17.0. The number of aliphatic imine (C=N–C) groups is 1. The molecular weight excluding hydrogens is 362 g/mol. The van der Waals surface area contributed by atoms with Crippen LogP contribution in [0, 0.1) is 0 Å². The number of hydrogen-bond donors (Lipinski definition) is 1. The summed E-state index contributed by atoms with van der Waals surface area (Å²) in [6, 6.07) is 0. The molecule has 9 heteroatoms. The Labute approximate surface area is 163 Å². The second kappa shape index (κ2) is 8.98. The highest BCUT2D eigenvalue weighted by Gasteiger charge is 2.22. The van der Waals surface area contributed by atoms with Crippen molar-refractivity contribution in [3.05, 3.63) is 38.8 Å². The number of piperazine rings is 1. The van der Waals surface area contributed by atoms with Gasteiger partial charge in [-0.15, -0.1) is 11.3 Å². The van der Waals surface area contributed by atoms with Gasteiger partial charge in [-0.2, -0.15) is 0 Å². The van der Waals surface area contributed by atoms with E-state index in [0.29, 0.717) is 12.4 Å². The van der Waals surface area contributed by atoms with Crippen molar-refractivity contribution in [1.82, 2.24) is 24.8 Å². The summed E-state index contributed by atoms with van der Waals surface area (Å²) in [5.74, 6) is 1.43. The molecule has 27 heavy (non-hydrogen) atoms. The van der Waals surface area contributed by atoms with Gasteiger partial charge in [-0.05, 0) is 13.3 Å². The first-order valence-electron chi connectivity index (χ1n) is 9.35. The summed E-state index contributed by atoms with van der Waals surface area (Å²) >= 11 is 1.72.